The van der Waals surface area contributed by atoms with Crippen molar-refractivity contribution in [1.82, 2.24) is 9.78 Å². The van der Waals surface area contributed by atoms with Gasteiger partial charge in [0.2, 0.25) is 0 Å². The van der Waals surface area contributed by atoms with Crippen molar-refractivity contribution >= 4 is 17.6 Å². The Hall–Kier alpha value is -2.63. The van der Waals surface area contributed by atoms with E-state index < -0.39 is 11.9 Å². The Labute approximate surface area is 109 Å². The lowest BCUT2D eigenvalue weighted by molar-refractivity contribution is 0.0692. The van der Waals surface area contributed by atoms with Gasteiger partial charge in [-0.2, -0.15) is 5.10 Å². The van der Waals surface area contributed by atoms with E-state index in [4.69, 9.17) is 5.11 Å². The summed E-state index contributed by atoms with van der Waals surface area (Å²) in [5.41, 5.74) is 1.52. The summed E-state index contributed by atoms with van der Waals surface area (Å²) in [6.45, 7) is 1.91. The van der Waals surface area contributed by atoms with Crippen molar-refractivity contribution < 1.29 is 14.7 Å². The summed E-state index contributed by atoms with van der Waals surface area (Å²) in [7, 11) is 1.53. The summed E-state index contributed by atoms with van der Waals surface area (Å²) in [5.74, 6) is -1.68. The van der Waals surface area contributed by atoms with Gasteiger partial charge >= 0.3 is 5.97 Å². The highest BCUT2D eigenvalue weighted by atomic mass is 16.4. The Balaban J connectivity index is 2.30. The molecule has 0 aliphatic carbocycles. The van der Waals surface area contributed by atoms with Gasteiger partial charge in [0.15, 0.2) is 0 Å². The van der Waals surface area contributed by atoms with Crippen molar-refractivity contribution in [2.24, 2.45) is 7.05 Å². The molecule has 2 rings (SSSR count). The number of carbonyl (C=O) groups is 2. The van der Waals surface area contributed by atoms with Crippen LogP contribution in [0.2, 0.25) is 0 Å². The van der Waals surface area contributed by atoms with Crippen LogP contribution in [-0.2, 0) is 7.05 Å². The second kappa shape index (κ2) is 4.93. The number of carbonyl (C=O) groups excluding carboxylic acids is 1. The highest BCUT2D eigenvalue weighted by molar-refractivity contribution is 6.09. The maximum absolute atomic E-state index is 12.1. The molecule has 1 heterocycles. The minimum absolute atomic E-state index is 0.0222. The first-order valence-corrected chi connectivity index (χ1v) is 5.62. The van der Waals surface area contributed by atoms with E-state index in [1.165, 1.54) is 11.7 Å². The van der Waals surface area contributed by atoms with E-state index in [1.807, 2.05) is 19.1 Å². The Morgan fingerprint density at radius 1 is 1.37 bits per heavy atom. The molecule has 0 atom stereocenters. The number of carboxylic acids is 1. The SMILES string of the molecule is Cc1cccc(NC(=O)c2c(C(=O)O)cnn2C)c1. The van der Waals surface area contributed by atoms with Crippen LogP contribution >= 0.6 is 0 Å². The number of nitrogens with zero attached hydrogens (tertiary/aromatic N) is 2. The Bertz CT molecular complexity index is 646. The molecule has 1 amide bonds. The van der Waals surface area contributed by atoms with E-state index in [0.29, 0.717) is 5.69 Å². The van der Waals surface area contributed by atoms with Gasteiger partial charge in [-0.3, -0.25) is 9.48 Å². The molecular formula is C13H13N3O3. The molecule has 0 radical (unpaired) electrons. The standard InChI is InChI=1S/C13H13N3O3/c1-8-4-3-5-9(6-8)15-12(17)11-10(13(18)19)7-14-16(11)2/h3-7H,1-2H3,(H,15,17)(H,18,19). The number of rotatable bonds is 3. The van der Waals surface area contributed by atoms with Crippen LogP contribution in [0.3, 0.4) is 0 Å². The fourth-order valence-electron chi connectivity index (χ4n) is 1.78. The van der Waals surface area contributed by atoms with E-state index in [-0.39, 0.29) is 11.3 Å². The quantitative estimate of drug-likeness (QED) is 0.878. The number of aryl methyl sites for hydroxylation is 2. The van der Waals surface area contributed by atoms with Gasteiger partial charge in [-0.25, -0.2) is 4.79 Å². The maximum atomic E-state index is 12.1. The van der Waals surface area contributed by atoms with Crippen LogP contribution in [0.15, 0.2) is 30.5 Å². The Morgan fingerprint density at radius 3 is 2.74 bits per heavy atom. The molecule has 0 aliphatic heterocycles. The largest absolute Gasteiger partial charge is 0.478 e. The molecule has 0 saturated carbocycles. The van der Waals surface area contributed by atoms with Crippen LogP contribution in [-0.4, -0.2) is 26.8 Å². The topological polar surface area (TPSA) is 84.2 Å². The normalized spacial score (nSPS) is 10.2. The predicted octanol–water partition coefficient (Wildman–Crippen LogP) is 1.68. The Kier molecular flexibility index (Phi) is 3.33. The number of aromatic nitrogens is 2. The van der Waals surface area contributed by atoms with E-state index in [0.717, 1.165) is 11.8 Å². The second-order valence-corrected chi connectivity index (χ2v) is 4.16. The van der Waals surface area contributed by atoms with Crippen molar-refractivity contribution in [3.63, 3.8) is 0 Å². The first-order valence-electron chi connectivity index (χ1n) is 5.62. The number of hydrogen-bond acceptors (Lipinski definition) is 3. The summed E-state index contributed by atoms with van der Waals surface area (Å²) >= 11 is 0. The smallest absolute Gasteiger partial charge is 0.339 e. The van der Waals surface area contributed by atoms with Crippen LogP contribution in [0.25, 0.3) is 0 Å². The molecular weight excluding hydrogens is 246 g/mol. The summed E-state index contributed by atoms with van der Waals surface area (Å²) in [5, 5.41) is 15.5. The van der Waals surface area contributed by atoms with E-state index in [9.17, 15) is 9.59 Å². The van der Waals surface area contributed by atoms with Gasteiger partial charge in [-0.05, 0) is 24.6 Å². The van der Waals surface area contributed by atoms with Crippen molar-refractivity contribution in [2.45, 2.75) is 6.92 Å². The van der Waals surface area contributed by atoms with E-state index in [1.54, 1.807) is 12.1 Å². The lowest BCUT2D eigenvalue weighted by Gasteiger charge is -2.07. The molecule has 0 aliphatic rings. The zero-order valence-electron chi connectivity index (χ0n) is 10.5. The van der Waals surface area contributed by atoms with Gasteiger partial charge in [0.25, 0.3) is 5.91 Å². The van der Waals surface area contributed by atoms with Gasteiger partial charge in [-0.15, -0.1) is 0 Å². The van der Waals surface area contributed by atoms with Crippen LogP contribution in [0.1, 0.15) is 26.4 Å². The number of hydrogen-bond donors (Lipinski definition) is 2. The molecule has 1 aromatic carbocycles. The molecule has 6 heteroatoms. The van der Waals surface area contributed by atoms with Crippen molar-refractivity contribution in [3.05, 3.63) is 47.3 Å². The van der Waals surface area contributed by atoms with Crippen LogP contribution < -0.4 is 5.32 Å². The van der Waals surface area contributed by atoms with Crippen LogP contribution in [0, 0.1) is 6.92 Å². The molecule has 0 bridgehead atoms. The van der Waals surface area contributed by atoms with Crippen LogP contribution in [0.5, 0.6) is 0 Å². The second-order valence-electron chi connectivity index (χ2n) is 4.16. The average molecular weight is 259 g/mol. The first kappa shape index (κ1) is 12.8. The lowest BCUT2D eigenvalue weighted by Crippen LogP contribution is -2.19. The summed E-state index contributed by atoms with van der Waals surface area (Å²) < 4.78 is 1.24. The predicted molar refractivity (Wildman–Crippen MR) is 69.3 cm³/mol. The molecule has 19 heavy (non-hydrogen) atoms. The number of benzene rings is 1. The minimum atomic E-state index is -1.18. The highest BCUT2D eigenvalue weighted by Gasteiger charge is 2.21. The maximum Gasteiger partial charge on any atom is 0.339 e. The van der Waals surface area contributed by atoms with Gasteiger partial charge in [-0.1, -0.05) is 12.1 Å². The number of carboxylic acid groups (broad SMARTS) is 1. The summed E-state index contributed by atoms with van der Waals surface area (Å²) in [6.07, 6.45) is 1.16. The molecule has 98 valence electrons. The van der Waals surface area contributed by atoms with E-state index in [2.05, 4.69) is 10.4 Å². The summed E-state index contributed by atoms with van der Waals surface area (Å²) in [6, 6.07) is 7.26. The fourth-order valence-corrected chi connectivity index (χ4v) is 1.78. The fraction of sp³-hybridized carbons (Fsp3) is 0.154. The monoisotopic (exact) mass is 259 g/mol. The minimum Gasteiger partial charge on any atom is -0.478 e. The number of aromatic carboxylic acids is 1. The average Bonchev–Trinajstić information content (AvgIpc) is 2.71. The van der Waals surface area contributed by atoms with Crippen molar-refractivity contribution in [3.8, 4) is 0 Å². The van der Waals surface area contributed by atoms with E-state index >= 15 is 0 Å². The molecule has 2 aromatic rings. The number of amides is 1. The third kappa shape index (κ3) is 2.62. The van der Waals surface area contributed by atoms with Crippen molar-refractivity contribution in [1.29, 1.82) is 0 Å². The van der Waals surface area contributed by atoms with Gasteiger partial charge in [0, 0.05) is 12.7 Å². The zero-order valence-corrected chi connectivity index (χ0v) is 10.5. The molecule has 0 unspecified atom stereocenters. The summed E-state index contributed by atoms with van der Waals surface area (Å²) in [4.78, 5) is 23.1. The molecule has 0 saturated heterocycles. The molecule has 0 fully saturated rings. The molecule has 6 nitrogen and oxygen atoms in total. The van der Waals surface area contributed by atoms with Gasteiger partial charge < -0.3 is 10.4 Å². The van der Waals surface area contributed by atoms with Gasteiger partial charge in [0.05, 0.1) is 6.20 Å². The lowest BCUT2D eigenvalue weighted by atomic mass is 10.2. The van der Waals surface area contributed by atoms with Gasteiger partial charge in [0.1, 0.15) is 11.3 Å². The van der Waals surface area contributed by atoms with Crippen molar-refractivity contribution in [2.75, 3.05) is 5.32 Å². The van der Waals surface area contributed by atoms with Crippen LogP contribution in [0.4, 0.5) is 5.69 Å². The molecule has 1 aromatic heterocycles. The third-order valence-corrected chi connectivity index (χ3v) is 2.66. The molecule has 2 N–H and O–H groups in total. The third-order valence-electron chi connectivity index (χ3n) is 2.66. The number of nitrogens with one attached hydrogen (secondary N) is 1. The number of anilines is 1. The first-order chi connectivity index (χ1) is 8.99. The Morgan fingerprint density at radius 2 is 2.11 bits per heavy atom. The molecule has 0 spiro atoms. The highest BCUT2D eigenvalue weighted by Crippen LogP contribution is 2.13. The zero-order chi connectivity index (χ0) is 14.0.